The molecule has 0 spiro atoms. The Morgan fingerprint density at radius 2 is 1.66 bits per heavy atom. The lowest BCUT2D eigenvalue weighted by molar-refractivity contribution is -0.134. The molecular weight excluding hydrogens is 370 g/mol. The Kier molecular flexibility index (Phi) is 5.51. The number of carbonyl (C=O) groups is 2. The smallest absolute Gasteiger partial charge is 0.338 e. The molecule has 1 fully saturated rings. The van der Waals surface area contributed by atoms with Crippen molar-refractivity contribution in [2.75, 3.05) is 37.7 Å². The molecule has 1 aliphatic heterocycles. The zero-order valence-corrected chi connectivity index (χ0v) is 15.8. The molecule has 0 bridgehead atoms. The molecule has 3 aromatic rings. The number of amides is 1. The minimum atomic E-state index is -0.510. The van der Waals surface area contributed by atoms with E-state index >= 15 is 0 Å². The van der Waals surface area contributed by atoms with Crippen molar-refractivity contribution >= 4 is 17.8 Å². The molecule has 0 N–H and O–H groups in total. The van der Waals surface area contributed by atoms with Gasteiger partial charge in [0.1, 0.15) is 0 Å². The monoisotopic (exact) mass is 391 g/mol. The van der Waals surface area contributed by atoms with E-state index in [0.29, 0.717) is 37.7 Å². The first-order chi connectivity index (χ1) is 14.2. The summed E-state index contributed by atoms with van der Waals surface area (Å²) in [6, 6.07) is 12.7. The van der Waals surface area contributed by atoms with Crippen molar-refractivity contribution in [1.82, 2.24) is 19.4 Å². The number of nitrogens with zero attached hydrogens (tertiary/aromatic N) is 5. The van der Waals surface area contributed by atoms with Gasteiger partial charge in [0.25, 0.3) is 5.91 Å². The van der Waals surface area contributed by atoms with Gasteiger partial charge in [-0.05, 0) is 36.4 Å². The largest absolute Gasteiger partial charge is 0.452 e. The first kappa shape index (κ1) is 18.7. The number of aromatic nitrogens is 3. The van der Waals surface area contributed by atoms with Gasteiger partial charge in [0, 0.05) is 56.7 Å². The maximum absolute atomic E-state index is 12.4. The maximum Gasteiger partial charge on any atom is 0.338 e. The maximum atomic E-state index is 12.4. The zero-order chi connectivity index (χ0) is 20.1. The molecule has 0 saturated carbocycles. The Labute approximate surface area is 168 Å². The molecule has 29 heavy (non-hydrogen) atoms. The van der Waals surface area contributed by atoms with Gasteiger partial charge >= 0.3 is 5.97 Å². The van der Waals surface area contributed by atoms with Crippen LogP contribution in [0.25, 0.3) is 5.69 Å². The van der Waals surface area contributed by atoms with E-state index in [-0.39, 0.29) is 12.5 Å². The number of ether oxygens (including phenoxy) is 1. The second-order valence-corrected chi connectivity index (χ2v) is 6.63. The van der Waals surface area contributed by atoms with E-state index in [9.17, 15) is 9.59 Å². The van der Waals surface area contributed by atoms with Crippen LogP contribution in [-0.2, 0) is 9.53 Å². The van der Waals surface area contributed by atoms with Crippen LogP contribution in [0.15, 0.2) is 67.3 Å². The third-order valence-corrected chi connectivity index (χ3v) is 4.78. The van der Waals surface area contributed by atoms with E-state index < -0.39 is 5.97 Å². The number of esters is 1. The summed E-state index contributed by atoms with van der Waals surface area (Å²) in [5.74, 6) is -0.0502. The highest BCUT2D eigenvalue weighted by atomic mass is 16.5. The minimum Gasteiger partial charge on any atom is -0.452 e. The first-order valence-electron chi connectivity index (χ1n) is 9.41. The fourth-order valence-electron chi connectivity index (χ4n) is 3.21. The number of carbonyl (C=O) groups excluding carboxylic acids is 2. The van der Waals surface area contributed by atoms with Gasteiger partial charge < -0.3 is 19.1 Å². The normalized spacial score (nSPS) is 13.9. The Hall–Kier alpha value is -3.68. The molecule has 8 heteroatoms. The summed E-state index contributed by atoms with van der Waals surface area (Å²) < 4.78 is 7.15. The number of benzene rings is 1. The molecule has 0 atom stereocenters. The van der Waals surface area contributed by atoms with Gasteiger partial charge in [-0.2, -0.15) is 0 Å². The highest BCUT2D eigenvalue weighted by Gasteiger charge is 2.23. The third-order valence-electron chi connectivity index (χ3n) is 4.78. The standard InChI is InChI=1S/C21H21N5O3/c27-19(25-11-13-26(14-12-25)21-22-7-4-8-23-21)16-29-20(28)17-5-3-6-18(15-17)24-9-1-2-10-24/h1-10,15H,11-14,16H2. The van der Waals surface area contributed by atoms with Crippen LogP contribution in [0.3, 0.4) is 0 Å². The van der Waals surface area contributed by atoms with Crippen LogP contribution in [0.5, 0.6) is 0 Å². The van der Waals surface area contributed by atoms with Gasteiger partial charge in [0.2, 0.25) is 5.95 Å². The number of piperazine rings is 1. The van der Waals surface area contributed by atoms with E-state index in [2.05, 4.69) is 9.97 Å². The Morgan fingerprint density at radius 1 is 0.931 bits per heavy atom. The van der Waals surface area contributed by atoms with Crippen molar-refractivity contribution in [3.05, 3.63) is 72.8 Å². The number of anilines is 1. The number of hydrogen-bond donors (Lipinski definition) is 0. The summed E-state index contributed by atoms with van der Waals surface area (Å²) in [6.07, 6.45) is 7.19. The summed E-state index contributed by atoms with van der Waals surface area (Å²) in [6.45, 7) is 2.09. The van der Waals surface area contributed by atoms with Crippen LogP contribution in [0.4, 0.5) is 5.95 Å². The molecule has 148 valence electrons. The topological polar surface area (TPSA) is 80.6 Å². The van der Waals surface area contributed by atoms with E-state index in [1.165, 1.54) is 0 Å². The van der Waals surface area contributed by atoms with Gasteiger partial charge in [0.05, 0.1) is 5.56 Å². The minimum absolute atomic E-state index is 0.200. The average molecular weight is 391 g/mol. The molecule has 8 nitrogen and oxygen atoms in total. The summed E-state index contributed by atoms with van der Waals surface area (Å²) >= 11 is 0. The molecule has 4 rings (SSSR count). The molecule has 1 amide bonds. The van der Waals surface area contributed by atoms with Crippen LogP contribution in [0, 0.1) is 0 Å². The van der Waals surface area contributed by atoms with Crippen molar-refractivity contribution in [2.45, 2.75) is 0 Å². The predicted octanol–water partition coefficient (Wildman–Crippen LogP) is 1.77. The summed E-state index contributed by atoms with van der Waals surface area (Å²) in [5, 5.41) is 0. The number of rotatable bonds is 5. The van der Waals surface area contributed by atoms with Gasteiger partial charge in [-0.25, -0.2) is 14.8 Å². The lowest BCUT2D eigenvalue weighted by Crippen LogP contribution is -2.50. The SMILES string of the molecule is O=C(OCC(=O)N1CCN(c2ncccn2)CC1)c1cccc(-n2cccc2)c1. The van der Waals surface area contributed by atoms with Crippen LogP contribution >= 0.6 is 0 Å². The fraction of sp³-hybridized carbons (Fsp3) is 0.238. The van der Waals surface area contributed by atoms with E-state index in [0.717, 1.165) is 5.69 Å². The average Bonchev–Trinajstić information content (AvgIpc) is 3.33. The molecule has 1 aromatic carbocycles. The second-order valence-electron chi connectivity index (χ2n) is 6.63. The van der Waals surface area contributed by atoms with E-state index in [4.69, 9.17) is 4.74 Å². The van der Waals surface area contributed by atoms with Crippen LogP contribution in [0.2, 0.25) is 0 Å². The fourth-order valence-corrected chi connectivity index (χ4v) is 3.21. The quantitative estimate of drug-likeness (QED) is 0.617. The highest BCUT2D eigenvalue weighted by Crippen LogP contribution is 2.13. The van der Waals surface area contributed by atoms with Crippen LogP contribution in [-0.4, -0.2) is 64.1 Å². The van der Waals surface area contributed by atoms with Crippen molar-refractivity contribution in [2.24, 2.45) is 0 Å². The summed E-state index contributed by atoms with van der Waals surface area (Å²) in [5.41, 5.74) is 1.27. The summed E-state index contributed by atoms with van der Waals surface area (Å²) in [4.78, 5) is 37.0. The van der Waals surface area contributed by atoms with Crippen molar-refractivity contribution in [3.63, 3.8) is 0 Å². The zero-order valence-electron chi connectivity index (χ0n) is 15.8. The molecule has 0 aliphatic carbocycles. The Morgan fingerprint density at radius 3 is 2.38 bits per heavy atom. The molecule has 1 aliphatic rings. The van der Waals surface area contributed by atoms with Gasteiger partial charge in [-0.1, -0.05) is 6.07 Å². The molecule has 1 saturated heterocycles. The number of hydrogen-bond acceptors (Lipinski definition) is 6. The molecule has 0 radical (unpaired) electrons. The summed E-state index contributed by atoms with van der Waals surface area (Å²) in [7, 11) is 0. The molecular formula is C21H21N5O3. The van der Waals surface area contributed by atoms with E-state index in [1.54, 1.807) is 41.6 Å². The lowest BCUT2D eigenvalue weighted by Gasteiger charge is -2.34. The molecule has 3 heterocycles. The van der Waals surface area contributed by atoms with Crippen LogP contribution < -0.4 is 4.90 Å². The van der Waals surface area contributed by atoms with E-state index in [1.807, 2.05) is 40.1 Å². The molecule has 0 unspecified atom stereocenters. The Bertz CT molecular complexity index is 967. The van der Waals surface area contributed by atoms with Crippen molar-refractivity contribution in [1.29, 1.82) is 0 Å². The highest BCUT2D eigenvalue weighted by molar-refractivity contribution is 5.91. The predicted molar refractivity (Wildman–Crippen MR) is 107 cm³/mol. The first-order valence-corrected chi connectivity index (χ1v) is 9.41. The van der Waals surface area contributed by atoms with Crippen molar-refractivity contribution in [3.8, 4) is 5.69 Å². The van der Waals surface area contributed by atoms with Gasteiger partial charge in [-0.3, -0.25) is 4.79 Å². The Balaban J connectivity index is 1.29. The molecule has 2 aromatic heterocycles. The van der Waals surface area contributed by atoms with Gasteiger partial charge in [0.15, 0.2) is 6.61 Å². The lowest BCUT2D eigenvalue weighted by atomic mass is 10.2. The van der Waals surface area contributed by atoms with Crippen molar-refractivity contribution < 1.29 is 14.3 Å². The van der Waals surface area contributed by atoms with Gasteiger partial charge in [-0.15, -0.1) is 0 Å². The van der Waals surface area contributed by atoms with Crippen LogP contribution in [0.1, 0.15) is 10.4 Å². The third kappa shape index (κ3) is 4.43. The second kappa shape index (κ2) is 8.55.